The van der Waals surface area contributed by atoms with Gasteiger partial charge in [0.2, 0.25) is 10.0 Å². The van der Waals surface area contributed by atoms with E-state index in [4.69, 9.17) is 0 Å². The summed E-state index contributed by atoms with van der Waals surface area (Å²) >= 11 is 0. The minimum Gasteiger partial charge on any atom is -0.380 e. The van der Waals surface area contributed by atoms with Gasteiger partial charge in [0.25, 0.3) is 5.69 Å². The van der Waals surface area contributed by atoms with Gasteiger partial charge in [-0.2, -0.15) is 0 Å². The van der Waals surface area contributed by atoms with Gasteiger partial charge in [0, 0.05) is 31.8 Å². The number of nitrogens with one attached hydrogen (secondary N) is 1. The fourth-order valence-corrected chi connectivity index (χ4v) is 6.54. The molecule has 0 saturated carbocycles. The summed E-state index contributed by atoms with van der Waals surface area (Å²) in [4.78, 5) is 11.1. The van der Waals surface area contributed by atoms with Crippen LogP contribution in [-0.2, 0) is 16.6 Å². The van der Waals surface area contributed by atoms with Crippen molar-refractivity contribution in [2.45, 2.75) is 128 Å². The fourth-order valence-electron chi connectivity index (χ4n) is 5.17. The van der Waals surface area contributed by atoms with Crippen molar-refractivity contribution in [2.75, 3.05) is 18.9 Å². The van der Waals surface area contributed by atoms with Crippen LogP contribution in [0.3, 0.4) is 0 Å². The Bertz CT molecular complexity index is 1140. The molecular formula is C33H53N3O4S. The number of unbranched alkanes of at least 4 members (excludes halogenated alkanes) is 15. The molecule has 0 unspecified atom stereocenters. The van der Waals surface area contributed by atoms with E-state index >= 15 is 0 Å². The van der Waals surface area contributed by atoms with Crippen LogP contribution in [0.4, 0.5) is 11.4 Å². The third kappa shape index (κ3) is 12.9. The van der Waals surface area contributed by atoms with Crippen LogP contribution in [-0.4, -0.2) is 31.2 Å². The highest BCUT2D eigenvalue weighted by molar-refractivity contribution is 7.89. The summed E-state index contributed by atoms with van der Waals surface area (Å²) < 4.78 is 28.1. The number of nitro groups is 1. The molecule has 0 spiro atoms. The zero-order valence-electron chi connectivity index (χ0n) is 25.7. The van der Waals surface area contributed by atoms with Crippen LogP contribution in [0.25, 0.3) is 0 Å². The standard InChI is InChI=1S/C33H53N3O4S/c1-4-5-6-7-8-9-10-11-12-13-14-15-16-17-18-21-26-35(3)41(39,40)33-23-20-19-22-31(33)34-28-30-25-24-29(2)32(27-30)36(37)38/h19-20,22-25,27,34H,4-18,21,26,28H2,1-3H3. The van der Waals surface area contributed by atoms with Crippen molar-refractivity contribution in [1.29, 1.82) is 0 Å². The number of anilines is 1. The molecule has 7 nitrogen and oxygen atoms in total. The van der Waals surface area contributed by atoms with E-state index in [1.807, 2.05) is 6.07 Å². The van der Waals surface area contributed by atoms with Gasteiger partial charge in [-0.25, -0.2) is 12.7 Å². The quantitative estimate of drug-likeness (QED) is 0.0794. The molecule has 2 aromatic carbocycles. The highest BCUT2D eigenvalue weighted by atomic mass is 32.2. The third-order valence-electron chi connectivity index (χ3n) is 7.86. The number of hydrogen-bond acceptors (Lipinski definition) is 5. The maximum Gasteiger partial charge on any atom is 0.272 e. The van der Waals surface area contributed by atoms with Gasteiger partial charge in [-0.1, -0.05) is 128 Å². The maximum atomic E-state index is 13.3. The second-order valence-electron chi connectivity index (χ2n) is 11.4. The van der Waals surface area contributed by atoms with Gasteiger partial charge in [0.05, 0.1) is 10.6 Å². The molecular weight excluding hydrogens is 534 g/mol. The molecule has 0 bridgehead atoms. The zero-order valence-corrected chi connectivity index (χ0v) is 26.5. The average Bonchev–Trinajstić information content (AvgIpc) is 2.96. The lowest BCUT2D eigenvalue weighted by atomic mass is 10.0. The van der Waals surface area contributed by atoms with Gasteiger partial charge in [-0.15, -0.1) is 0 Å². The SMILES string of the molecule is CCCCCCCCCCCCCCCCCCN(C)S(=O)(=O)c1ccccc1NCc1ccc(C)c([N+](=O)[O-])c1. The summed E-state index contributed by atoms with van der Waals surface area (Å²) in [6.45, 7) is 4.74. The van der Waals surface area contributed by atoms with Crippen LogP contribution in [0.1, 0.15) is 121 Å². The Hall–Kier alpha value is -2.45. The first-order chi connectivity index (χ1) is 19.8. The molecule has 0 radical (unpaired) electrons. The van der Waals surface area contributed by atoms with Crippen LogP contribution in [0.15, 0.2) is 47.4 Å². The fraction of sp³-hybridized carbons (Fsp3) is 0.636. The van der Waals surface area contributed by atoms with Crippen molar-refractivity contribution in [2.24, 2.45) is 0 Å². The van der Waals surface area contributed by atoms with Gasteiger partial charge >= 0.3 is 0 Å². The molecule has 0 amide bonds. The van der Waals surface area contributed by atoms with Gasteiger partial charge in [0.1, 0.15) is 4.90 Å². The van der Waals surface area contributed by atoms with E-state index in [1.54, 1.807) is 44.3 Å². The maximum absolute atomic E-state index is 13.3. The lowest BCUT2D eigenvalue weighted by Gasteiger charge is -2.20. The van der Waals surface area contributed by atoms with Crippen molar-refractivity contribution in [1.82, 2.24) is 4.31 Å². The van der Waals surface area contributed by atoms with Crippen molar-refractivity contribution >= 4 is 21.4 Å². The number of sulfonamides is 1. The van der Waals surface area contributed by atoms with Crippen molar-refractivity contribution in [3.8, 4) is 0 Å². The lowest BCUT2D eigenvalue weighted by Crippen LogP contribution is -2.28. The summed E-state index contributed by atoms with van der Waals surface area (Å²) in [6, 6.07) is 11.9. The molecule has 230 valence electrons. The van der Waals surface area contributed by atoms with E-state index in [0.717, 1.165) is 24.8 Å². The van der Waals surface area contributed by atoms with Gasteiger partial charge in [0.15, 0.2) is 0 Å². The topological polar surface area (TPSA) is 92.6 Å². The lowest BCUT2D eigenvalue weighted by molar-refractivity contribution is -0.385. The number of rotatable bonds is 23. The van der Waals surface area contributed by atoms with E-state index in [0.29, 0.717) is 17.8 Å². The molecule has 41 heavy (non-hydrogen) atoms. The molecule has 0 heterocycles. The Morgan fingerprint density at radius 2 is 1.29 bits per heavy atom. The smallest absolute Gasteiger partial charge is 0.272 e. The molecule has 0 atom stereocenters. The second kappa shape index (κ2) is 19.6. The first-order valence-corrected chi connectivity index (χ1v) is 17.2. The molecule has 0 fully saturated rings. The van der Waals surface area contributed by atoms with Crippen LogP contribution in [0.2, 0.25) is 0 Å². The van der Waals surface area contributed by atoms with Gasteiger partial charge in [-0.3, -0.25) is 10.1 Å². The van der Waals surface area contributed by atoms with Crippen LogP contribution < -0.4 is 5.32 Å². The predicted octanol–water partition coefficient (Wildman–Crippen LogP) is 9.40. The van der Waals surface area contributed by atoms with Crippen LogP contribution >= 0.6 is 0 Å². The molecule has 0 aromatic heterocycles. The van der Waals surface area contributed by atoms with E-state index in [1.165, 1.54) is 93.8 Å². The Balaban J connectivity index is 1.66. The van der Waals surface area contributed by atoms with E-state index in [2.05, 4.69) is 12.2 Å². The Morgan fingerprint density at radius 1 is 0.780 bits per heavy atom. The number of nitrogens with zero attached hydrogens (tertiary/aromatic N) is 2. The largest absolute Gasteiger partial charge is 0.380 e. The summed E-state index contributed by atoms with van der Waals surface area (Å²) in [5.74, 6) is 0. The summed E-state index contributed by atoms with van der Waals surface area (Å²) in [5, 5.41) is 14.4. The monoisotopic (exact) mass is 587 g/mol. The molecule has 0 saturated heterocycles. The van der Waals surface area contributed by atoms with Crippen LogP contribution in [0.5, 0.6) is 0 Å². The predicted molar refractivity (Wildman–Crippen MR) is 171 cm³/mol. The Morgan fingerprint density at radius 3 is 1.83 bits per heavy atom. The third-order valence-corrected chi connectivity index (χ3v) is 9.77. The van der Waals surface area contributed by atoms with Crippen LogP contribution in [0, 0.1) is 17.0 Å². The summed E-state index contributed by atoms with van der Waals surface area (Å²) in [6.07, 6.45) is 20.6. The minimum absolute atomic E-state index is 0.0590. The molecule has 0 aliphatic rings. The molecule has 2 aromatic rings. The Labute approximate surface area is 249 Å². The summed E-state index contributed by atoms with van der Waals surface area (Å²) in [7, 11) is -2.02. The van der Waals surface area contributed by atoms with E-state index in [-0.39, 0.29) is 17.1 Å². The zero-order chi connectivity index (χ0) is 29.9. The second-order valence-corrected chi connectivity index (χ2v) is 13.4. The molecule has 1 N–H and O–H groups in total. The summed E-state index contributed by atoms with van der Waals surface area (Å²) in [5.41, 5.74) is 1.87. The highest BCUT2D eigenvalue weighted by Gasteiger charge is 2.23. The van der Waals surface area contributed by atoms with Gasteiger partial charge < -0.3 is 5.32 Å². The molecule has 0 aliphatic heterocycles. The Kier molecular flexibility index (Phi) is 16.6. The van der Waals surface area contributed by atoms with Gasteiger partial charge in [-0.05, 0) is 31.0 Å². The molecule has 8 heteroatoms. The number of hydrogen-bond donors (Lipinski definition) is 1. The number of benzene rings is 2. The highest BCUT2D eigenvalue weighted by Crippen LogP contribution is 2.26. The first kappa shape index (κ1) is 34.7. The van der Waals surface area contributed by atoms with Crippen molar-refractivity contribution < 1.29 is 13.3 Å². The number of aryl methyl sites for hydroxylation is 1. The first-order valence-electron chi connectivity index (χ1n) is 15.8. The molecule has 0 aliphatic carbocycles. The van der Waals surface area contributed by atoms with Crippen molar-refractivity contribution in [3.63, 3.8) is 0 Å². The van der Waals surface area contributed by atoms with Crippen molar-refractivity contribution in [3.05, 3.63) is 63.7 Å². The number of nitro benzene ring substituents is 1. The average molecular weight is 588 g/mol. The minimum atomic E-state index is -3.66. The van der Waals surface area contributed by atoms with E-state index in [9.17, 15) is 18.5 Å². The normalized spacial score (nSPS) is 11.7. The number of para-hydroxylation sites is 1. The molecule has 2 rings (SSSR count). The van der Waals surface area contributed by atoms with E-state index < -0.39 is 14.9 Å².